The number of alkyl halides is 1. The van der Waals surface area contributed by atoms with Crippen molar-refractivity contribution in [1.29, 1.82) is 0 Å². The summed E-state index contributed by atoms with van der Waals surface area (Å²) in [4.78, 5) is 39.0. The Bertz CT molecular complexity index is 1580. The van der Waals surface area contributed by atoms with Gasteiger partial charge in [0, 0.05) is 20.6 Å². The van der Waals surface area contributed by atoms with Gasteiger partial charge in [0.2, 0.25) is 0 Å². The molecule has 6 nitrogen and oxygen atoms in total. The van der Waals surface area contributed by atoms with E-state index in [9.17, 15) is 14.4 Å². The van der Waals surface area contributed by atoms with Crippen LogP contribution < -0.4 is 10.6 Å². The summed E-state index contributed by atoms with van der Waals surface area (Å²) in [7, 11) is 0. The largest absolute Gasteiger partial charge is 0.478 e. The number of aromatic carboxylic acids is 1. The van der Waals surface area contributed by atoms with Crippen LogP contribution in [0.5, 0.6) is 0 Å². The summed E-state index contributed by atoms with van der Waals surface area (Å²) in [6.07, 6.45) is 7.48. The van der Waals surface area contributed by atoms with Gasteiger partial charge in [0.15, 0.2) is 0 Å². The second-order valence-electron chi connectivity index (χ2n) is 10.5. The number of fused-ring (bicyclic) bond motifs is 1. The van der Waals surface area contributed by atoms with Crippen molar-refractivity contribution in [2.75, 3.05) is 15.1 Å². The third-order valence-corrected chi connectivity index (χ3v) is 9.29. The Balaban J connectivity index is 1.24. The maximum Gasteiger partial charge on any atom is 0.335 e. The van der Waals surface area contributed by atoms with Gasteiger partial charge in [0.05, 0.1) is 11.1 Å². The van der Waals surface area contributed by atoms with E-state index in [0.29, 0.717) is 27.4 Å². The molecular weight excluding hydrogens is 659 g/mol. The normalized spacial score (nSPS) is 12.4. The average Bonchev–Trinajstić information content (AvgIpc) is 3.36. The Labute approximate surface area is 263 Å². The molecule has 1 aliphatic carbocycles. The van der Waals surface area contributed by atoms with Gasteiger partial charge in [0.1, 0.15) is 5.00 Å². The number of amides is 2. The number of carboxylic acids is 1. The number of anilines is 2. The molecule has 0 aliphatic heterocycles. The van der Waals surface area contributed by atoms with E-state index in [1.807, 2.05) is 60.7 Å². The summed E-state index contributed by atoms with van der Waals surface area (Å²) in [5.74, 6) is -1.30. The highest BCUT2D eigenvalue weighted by molar-refractivity contribution is 14.1. The topological polar surface area (TPSA) is 95.5 Å². The maximum absolute atomic E-state index is 13.6. The van der Waals surface area contributed by atoms with Crippen molar-refractivity contribution in [1.82, 2.24) is 0 Å². The summed E-state index contributed by atoms with van der Waals surface area (Å²) in [6, 6.07) is 22.6. The van der Waals surface area contributed by atoms with Gasteiger partial charge in [-0.25, -0.2) is 4.79 Å². The molecular formula is C34H33IN2O4S. The minimum absolute atomic E-state index is 0.194. The van der Waals surface area contributed by atoms with Gasteiger partial charge in [-0.1, -0.05) is 59.0 Å². The van der Waals surface area contributed by atoms with Crippen LogP contribution in [0.15, 0.2) is 72.8 Å². The van der Waals surface area contributed by atoms with E-state index in [0.717, 1.165) is 72.5 Å². The van der Waals surface area contributed by atoms with Crippen LogP contribution in [-0.2, 0) is 32.1 Å². The van der Waals surface area contributed by atoms with E-state index in [-0.39, 0.29) is 11.8 Å². The third-order valence-electron chi connectivity index (χ3n) is 7.54. The number of benzene rings is 3. The second-order valence-corrected chi connectivity index (χ2v) is 12.7. The van der Waals surface area contributed by atoms with Crippen molar-refractivity contribution in [2.24, 2.45) is 0 Å². The van der Waals surface area contributed by atoms with E-state index in [1.54, 1.807) is 12.1 Å². The van der Waals surface area contributed by atoms with Gasteiger partial charge >= 0.3 is 5.97 Å². The molecule has 4 aromatic rings. The lowest BCUT2D eigenvalue weighted by Gasteiger charge is -2.14. The van der Waals surface area contributed by atoms with Crippen molar-refractivity contribution in [3.8, 4) is 0 Å². The quantitative estimate of drug-likeness (QED) is 0.110. The molecule has 0 saturated carbocycles. The predicted octanol–water partition coefficient (Wildman–Crippen LogP) is 7.98. The monoisotopic (exact) mass is 692 g/mol. The van der Waals surface area contributed by atoms with E-state index in [1.165, 1.54) is 21.8 Å². The van der Waals surface area contributed by atoms with Gasteiger partial charge in [0.25, 0.3) is 11.8 Å². The summed E-state index contributed by atoms with van der Waals surface area (Å²) in [6.45, 7) is 0. The summed E-state index contributed by atoms with van der Waals surface area (Å²) in [5, 5.41) is 15.8. The lowest BCUT2D eigenvalue weighted by molar-refractivity contribution is 0.0696. The maximum atomic E-state index is 13.6. The Morgan fingerprint density at radius 2 is 1.45 bits per heavy atom. The van der Waals surface area contributed by atoms with Gasteiger partial charge in [-0.05, 0) is 110 Å². The molecule has 1 aromatic heterocycles. The number of rotatable bonds is 11. The fraction of sp³-hybridized carbons (Fsp3) is 0.265. The molecule has 1 heterocycles. The first kappa shape index (κ1) is 30.0. The molecule has 0 bridgehead atoms. The standard InChI is InChI=1S/C34H33IN2O4S/c35-20-19-24-7-4-8-26(21-24)31(38)37-33-30(28-9-1-2-10-29(28)42-33)32(39)36-27-17-13-23(14-18-27)6-3-5-22-11-15-25(16-12-22)34(40)41/h4,7-8,11-18,21H,1-3,5-6,9-10,19-20H2,(H,36,39)(H,37,38)(H,40,41). The molecule has 5 rings (SSSR count). The Hall–Kier alpha value is -3.50. The number of hydrogen-bond donors (Lipinski definition) is 3. The van der Waals surface area contributed by atoms with Gasteiger partial charge in [-0.15, -0.1) is 11.3 Å². The van der Waals surface area contributed by atoms with E-state index in [2.05, 4.69) is 33.2 Å². The molecule has 0 radical (unpaired) electrons. The number of carbonyl (C=O) groups excluding carboxylic acids is 2. The van der Waals surface area contributed by atoms with Crippen molar-refractivity contribution >= 4 is 62.4 Å². The van der Waals surface area contributed by atoms with Crippen molar-refractivity contribution < 1.29 is 19.5 Å². The van der Waals surface area contributed by atoms with Crippen molar-refractivity contribution in [2.45, 2.75) is 51.4 Å². The number of aryl methyl sites for hydroxylation is 4. The highest BCUT2D eigenvalue weighted by atomic mass is 127. The van der Waals surface area contributed by atoms with Crippen LogP contribution in [0.4, 0.5) is 10.7 Å². The predicted molar refractivity (Wildman–Crippen MR) is 178 cm³/mol. The Kier molecular flexibility index (Phi) is 10.1. The van der Waals surface area contributed by atoms with Crippen LogP contribution in [0.1, 0.15) is 77.5 Å². The minimum Gasteiger partial charge on any atom is -0.478 e. The summed E-state index contributed by atoms with van der Waals surface area (Å²) < 4.78 is 0.982. The number of nitrogens with one attached hydrogen (secondary N) is 2. The van der Waals surface area contributed by atoms with Gasteiger partial charge in [-0.3, -0.25) is 9.59 Å². The lowest BCUT2D eigenvalue weighted by atomic mass is 9.95. The van der Waals surface area contributed by atoms with E-state index in [4.69, 9.17) is 5.11 Å². The van der Waals surface area contributed by atoms with Crippen molar-refractivity contribution in [3.63, 3.8) is 0 Å². The Morgan fingerprint density at radius 3 is 2.14 bits per heavy atom. The Morgan fingerprint density at radius 1 is 0.762 bits per heavy atom. The fourth-order valence-corrected chi connectivity index (χ4v) is 7.21. The van der Waals surface area contributed by atoms with Gasteiger partial charge in [-0.2, -0.15) is 0 Å². The molecule has 0 atom stereocenters. The molecule has 0 fully saturated rings. The van der Waals surface area contributed by atoms with Gasteiger partial charge < -0.3 is 15.7 Å². The second kappa shape index (κ2) is 14.1. The number of halogens is 1. The average molecular weight is 693 g/mol. The minimum atomic E-state index is -0.915. The summed E-state index contributed by atoms with van der Waals surface area (Å²) in [5.41, 5.74) is 6.66. The molecule has 0 saturated heterocycles. The molecule has 0 spiro atoms. The SMILES string of the molecule is O=C(O)c1ccc(CCCc2ccc(NC(=O)c3c(NC(=O)c4cccc(CCI)c4)sc4c3CCCC4)cc2)cc1. The number of carbonyl (C=O) groups is 3. The zero-order chi connectivity index (χ0) is 29.5. The van der Waals surface area contributed by atoms with E-state index >= 15 is 0 Å². The first-order valence-corrected chi connectivity index (χ1v) is 16.6. The third kappa shape index (κ3) is 7.46. The number of thiophene rings is 1. The van der Waals surface area contributed by atoms with Crippen LogP contribution in [0.25, 0.3) is 0 Å². The number of carboxylic acid groups (broad SMARTS) is 1. The lowest BCUT2D eigenvalue weighted by Crippen LogP contribution is -2.18. The first-order chi connectivity index (χ1) is 20.4. The van der Waals surface area contributed by atoms with Crippen LogP contribution in [0.2, 0.25) is 0 Å². The molecule has 3 aromatic carbocycles. The highest BCUT2D eigenvalue weighted by Crippen LogP contribution is 2.39. The molecule has 1 aliphatic rings. The van der Waals surface area contributed by atoms with Crippen LogP contribution in [0, 0.1) is 0 Å². The highest BCUT2D eigenvalue weighted by Gasteiger charge is 2.27. The first-order valence-electron chi connectivity index (χ1n) is 14.2. The van der Waals surface area contributed by atoms with Crippen molar-refractivity contribution in [3.05, 3.63) is 117 Å². The molecule has 216 valence electrons. The number of hydrogen-bond acceptors (Lipinski definition) is 4. The zero-order valence-corrected chi connectivity index (χ0v) is 26.2. The zero-order valence-electron chi connectivity index (χ0n) is 23.3. The fourth-order valence-electron chi connectivity index (χ4n) is 5.31. The molecule has 2 amide bonds. The smallest absolute Gasteiger partial charge is 0.335 e. The van der Waals surface area contributed by atoms with E-state index < -0.39 is 5.97 Å². The molecule has 42 heavy (non-hydrogen) atoms. The molecule has 8 heteroatoms. The summed E-state index contributed by atoms with van der Waals surface area (Å²) >= 11 is 3.86. The van der Waals surface area contributed by atoms with Crippen LogP contribution >= 0.6 is 33.9 Å². The van der Waals surface area contributed by atoms with Crippen LogP contribution in [-0.4, -0.2) is 27.3 Å². The molecule has 3 N–H and O–H groups in total. The van der Waals surface area contributed by atoms with Crippen LogP contribution in [0.3, 0.4) is 0 Å². The molecule has 0 unspecified atom stereocenters.